The van der Waals surface area contributed by atoms with Gasteiger partial charge in [-0.1, -0.05) is 27.2 Å². The molecule has 2 fully saturated rings. The highest BCUT2D eigenvalue weighted by atomic mass is 127. The summed E-state index contributed by atoms with van der Waals surface area (Å²) in [6.07, 6.45) is 6.67. The van der Waals surface area contributed by atoms with Gasteiger partial charge in [-0.05, 0) is 50.4 Å². The van der Waals surface area contributed by atoms with Crippen molar-refractivity contribution in [1.29, 1.82) is 0 Å². The molecule has 25 heavy (non-hydrogen) atoms. The highest BCUT2D eigenvalue weighted by molar-refractivity contribution is 14.0. The predicted octanol–water partition coefficient (Wildman–Crippen LogP) is 3.34. The summed E-state index contributed by atoms with van der Waals surface area (Å²) in [6, 6.07) is 0.816. The average Bonchev–Trinajstić information content (AvgIpc) is 2.83. The SMILES string of the molecule is CCC(C)NC(=NCC1CCS(=O)(=O)C1)NC1CCCC(C)(C)C1.I. The fourth-order valence-electron chi connectivity index (χ4n) is 3.72. The van der Waals surface area contributed by atoms with E-state index < -0.39 is 9.84 Å². The van der Waals surface area contributed by atoms with Crippen molar-refractivity contribution in [2.24, 2.45) is 16.3 Å². The van der Waals surface area contributed by atoms with Crippen LogP contribution in [0.1, 0.15) is 66.2 Å². The van der Waals surface area contributed by atoms with Gasteiger partial charge in [-0.2, -0.15) is 0 Å². The van der Waals surface area contributed by atoms with E-state index in [1.165, 1.54) is 19.3 Å². The first-order valence-electron chi connectivity index (χ1n) is 9.47. The van der Waals surface area contributed by atoms with Crippen LogP contribution in [0.2, 0.25) is 0 Å². The second-order valence-corrected chi connectivity index (χ2v) is 10.7. The molecular formula is C18H36IN3O2S. The molecule has 0 aromatic rings. The molecule has 2 N–H and O–H groups in total. The van der Waals surface area contributed by atoms with Crippen LogP contribution in [0.3, 0.4) is 0 Å². The van der Waals surface area contributed by atoms with Gasteiger partial charge >= 0.3 is 0 Å². The Morgan fingerprint density at radius 3 is 2.60 bits per heavy atom. The first-order valence-corrected chi connectivity index (χ1v) is 11.3. The van der Waals surface area contributed by atoms with Crippen molar-refractivity contribution in [2.45, 2.75) is 78.3 Å². The maximum atomic E-state index is 11.6. The van der Waals surface area contributed by atoms with E-state index in [1.807, 2.05) is 0 Å². The molecular weight excluding hydrogens is 449 g/mol. The first kappa shape index (κ1) is 23.0. The van der Waals surface area contributed by atoms with Crippen molar-refractivity contribution in [2.75, 3.05) is 18.1 Å². The number of rotatable bonds is 5. The van der Waals surface area contributed by atoms with E-state index >= 15 is 0 Å². The zero-order chi connectivity index (χ0) is 17.8. The van der Waals surface area contributed by atoms with E-state index in [0.717, 1.165) is 25.2 Å². The molecule has 3 atom stereocenters. The number of nitrogens with one attached hydrogen (secondary N) is 2. The van der Waals surface area contributed by atoms with Crippen LogP contribution in [0, 0.1) is 11.3 Å². The Hall–Kier alpha value is -0.0500. The monoisotopic (exact) mass is 485 g/mol. The Morgan fingerprint density at radius 1 is 1.32 bits per heavy atom. The molecule has 3 unspecified atom stereocenters. The molecule has 1 heterocycles. The summed E-state index contributed by atoms with van der Waals surface area (Å²) < 4.78 is 23.2. The van der Waals surface area contributed by atoms with Gasteiger partial charge < -0.3 is 10.6 Å². The van der Waals surface area contributed by atoms with Gasteiger partial charge in [-0.3, -0.25) is 4.99 Å². The summed E-state index contributed by atoms with van der Waals surface area (Å²) in [5.41, 5.74) is 0.386. The smallest absolute Gasteiger partial charge is 0.191 e. The van der Waals surface area contributed by atoms with Crippen molar-refractivity contribution in [3.8, 4) is 0 Å². The lowest BCUT2D eigenvalue weighted by molar-refractivity contribution is 0.210. The maximum absolute atomic E-state index is 11.6. The lowest BCUT2D eigenvalue weighted by Crippen LogP contribution is -2.49. The zero-order valence-electron chi connectivity index (χ0n) is 16.2. The second-order valence-electron chi connectivity index (χ2n) is 8.51. The summed E-state index contributed by atoms with van der Waals surface area (Å²) in [5, 5.41) is 7.09. The second kappa shape index (κ2) is 9.76. The van der Waals surface area contributed by atoms with Crippen LogP contribution in [0.4, 0.5) is 0 Å². The standard InChI is InChI=1S/C18H35N3O2S.HI/c1-5-14(2)20-17(19-12-15-8-10-24(22,23)13-15)21-16-7-6-9-18(3,4)11-16;/h14-16H,5-13H2,1-4H3,(H2,19,20,21);1H. The first-order chi connectivity index (χ1) is 11.2. The minimum Gasteiger partial charge on any atom is -0.354 e. The summed E-state index contributed by atoms with van der Waals surface area (Å²) >= 11 is 0. The molecule has 5 nitrogen and oxygen atoms in total. The Kier molecular flexibility index (Phi) is 8.98. The molecule has 148 valence electrons. The molecule has 0 aromatic carbocycles. The lowest BCUT2D eigenvalue weighted by atomic mass is 9.75. The molecule has 1 aliphatic heterocycles. The number of aliphatic imine (C=N–C) groups is 1. The van der Waals surface area contributed by atoms with E-state index in [0.29, 0.717) is 35.5 Å². The number of guanidine groups is 1. The van der Waals surface area contributed by atoms with Gasteiger partial charge in [0, 0.05) is 18.6 Å². The highest BCUT2D eigenvalue weighted by Crippen LogP contribution is 2.35. The van der Waals surface area contributed by atoms with Crippen molar-refractivity contribution in [3.05, 3.63) is 0 Å². The van der Waals surface area contributed by atoms with Crippen molar-refractivity contribution in [3.63, 3.8) is 0 Å². The quantitative estimate of drug-likeness (QED) is 0.356. The van der Waals surface area contributed by atoms with E-state index in [-0.39, 0.29) is 29.9 Å². The third-order valence-corrected chi connectivity index (χ3v) is 7.21. The van der Waals surface area contributed by atoms with E-state index in [1.54, 1.807) is 0 Å². The number of nitrogens with zero attached hydrogens (tertiary/aromatic N) is 1. The third-order valence-electron chi connectivity index (χ3n) is 5.38. The molecule has 2 aliphatic rings. The summed E-state index contributed by atoms with van der Waals surface area (Å²) in [5.74, 6) is 1.65. The molecule has 0 radical (unpaired) electrons. The summed E-state index contributed by atoms with van der Waals surface area (Å²) in [6.45, 7) is 9.58. The number of sulfone groups is 1. The Labute approximate surface area is 171 Å². The molecule has 0 bridgehead atoms. The maximum Gasteiger partial charge on any atom is 0.191 e. The molecule has 2 rings (SSSR count). The summed E-state index contributed by atoms with van der Waals surface area (Å²) in [4.78, 5) is 4.73. The Bertz CT molecular complexity index is 549. The Balaban J connectivity index is 0.00000312. The van der Waals surface area contributed by atoms with Crippen molar-refractivity contribution < 1.29 is 8.42 Å². The minimum atomic E-state index is -2.82. The van der Waals surface area contributed by atoms with Crippen LogP contribution in [0.25, 0.3) is 0 Å². The molecule has 1 aliphatic carbocycles. The molecule has 0 amide bonds. The van der Waals surface area contributed by atoms with Gasteiger partial charge in [-0.15, -0.1) is 24.0 Å². The van der Waals surface area contributed by atoms with Gasteiger partial charge in [0.1, 0.15) is 0 Å². The highest BCUT2D eigenvalue weighted by Gasteiger charge is 2.29. The molecule has 0 aromatic heterocycles. The van der Waals surface area contributed by atoms with Crippen LogP contribution < -0.4 is 10.6 Å². The number of hydrogen-bond acceptors (Lipinski definition) is 3. The van der Waals surface area contributed by atoms with E-state index in [4.69, 9.17) is 4.99 Å². The molecule has 7 heteroatoms. The fourth-order valence-corrected chi connectivity index (χ4v) is 5.57. The van der Waals surface area contributed by atoms with Crippen LogP contribution in [-0.2, 0) is 9.84 Å². The number of halogens is 1. The minimum absolute atomic E-state index is 0. The van der Waals surface area contributed by atoms with Gasteiger partial charge in [0.15, 0.2) is 15.8 Å². The largest absolute Gasteiger partial charge is 0.354 e. The lowest BCUT2D eigenvalue weighted by Gasteiger charge is -2.36. The average molecular weight is 485 g/mol. The normalized spacial score (nSPS) is 29.5. The molecule has 1 saturated carbocycles. The van der Waals surface area contributed by atoms with Crippen molar-refractivity contribution in [1.82, 2.24) is 10.6 Å². The fraction of sp³-hybridized carbons (Fsp3) is 0.944. The molecule has 1 saturated heterocycles. The van der Waals surface area contributed by atoms with Gasteiger partial charge in [0.25, 0.3) is 0 Å². The van der Waals surface area contributed by atoms with E-state index in [9.17, 15) is 8.42 Å². The van der Waals surface area contributed by atoms with Gasteiger partial charge in [0.05, 0.1) is 11.5 Å². The number of hydrogen-bond donors (Lipinski definition) is 2. The van der Waals surface area contributed by atoms with Crippen molar-refractivity contribution >= 4 is 39.8 Å². The zero-order valence-corrected chi connectivity index (χ0v) is 19.3. The van der Waals surface area contributed by atoms with Crippen LogP contribution in [0.15, 0.2) is 4.99 Å². The van der Waals surface area contributed by atoms with Crippen LogP contribution in [0.5, 0.6) is 0 Å². The predicted molar refractivity (Wildman–Crippen MR) is 117 cm³/mol. The summed E-state index contributed by atoms with van der Waals surface area (Å²) in [7, 11) is -2.82. The van der Waals surface area contributed by atoms with E-state index in [2.05, 4.69) is 38.3 Å². The molecule has 0 spiro atoms. The topological polar surface area (TPSA) is 70.6 Å². The van der Waals surface area contributed by atoms with Gasteiger partial charge in [-0.25, -0.2) is 8.42 Å². The van der Waals surface area contributed by atoms with Crippen LogP contribution >= 0.6 is 24.0 Å². The third kappa shape index (κ3) is 8.01. The Morgan fingerprint density at radius 2 is 2.04 bits per heavy atom. The van der Waals surface area contributed by atoms with Crippen LogP contribution in [-0.4, -0.2) is 44.5 Å². The van der Waals surface area contributed by atoms with Gasteiger partial charge in [0.2, 0.25) is 0 Å².